The monoisotopic (exact) mass is 221 g/mol. The maximum Gasteiger partial charge on any atom is 0.279 e. The average Bonchev–Trinajstić information content (AvgIpc) is 2.53. The van der Waals surface area contributed by atoms with Crippen molar-refractivity contribution in [2.24, 2.45) is 5.73 Å². The zero-order valence-corrected chi connectivity index (χ0v) is 9.60. The van der Waals surface area contributed by atoms with Gasteiger partial charge in [-0.3, -0.25) is 0 Å². The quantitative estimate of drug-likeness (QED) is 0.681. The molecule has 0 heterocycles. The second-order valence-electron chi connectivity index (χ2n) is 4.08. The summed E-state index contributed by atoms with van der Waals surface area (Å²) in [6.45, 7) is 0.375. The molecule has 1 fully saturated rings. The molecule has 0 amide bonds. The Morgan fingerprint density at radius 3 is 2.21 bits per heavy atom. The Labute approximate surface area is 85.8 Å². The van der Waals surface area contributed by atoms with Gasteiger partial charge in [0.1, 0.15) is 0 Å². The van der Waals surface area contributed by atoms with Crippen LogP contribution in [0.4, 0.5) is 0 Å². The zero-order chi connectivity index (χ0) is 10.8. The highest BCUT2D eigenvalue weighted by atomic mass is 32.2. The molecule has 0 radical (unpaired) electrons. The summed E-state index contributed by atoms with van der Waals surface area (Å²) in [6.07, 6.45) is 3.79. The smallest absolute Gasteiger partial charge is 0.279 e. The van der Waals surface area contributed by atoms with Crippen LogP contribution in [-0.2, 0) is 10.2 Å². The molecule has 0 aromatic rings. The predicted molar refractivity (Wildman–Crippen MR) is 56.0 cm³/mol. The Morgan fingerprint density at radius 1 is 1.36 bits per heavy atom. The standard InChI is InChI=1S/C8H19N3O2S/c1-11(2)14(12,13)10-8(7-9)5-3-4-6-8/h10H,3-7,9H2,1-2H3. The van der Waals surface area contributed by atoms with Crippen molar-refractivity contribution in [3.05, 3.63) is 0 Å². The van der Waals surface area contributed by atoms with Gasteiger partial charge < -0.3 is 5.73 Å². The Bertz CT molecular complexity index is 281. The molecule has 14 heavy (non-hydrogen) atoms. The second kappa shape index (κ2) is 4.14. The van der Waals surface area contributed by atoms with Crippen LogP contribution in [0, 0.1) is 0 Å². The second-order valence-corrected chi connectivity index (χ2v) is 5.97. The molecule has 1 aliphatic rings. The third-order valence-electron chi connectivity index (χ3n) is 2.78. The van der Waals surface area contributed by atoms with E-state index in [4.69, 9.17) is 5.73 Å². The van der Waals surface area contributed by atoms with Crippen LogP contribution in [0.1, 0.15) is 25.7 Å². The van der Waals surface area contributed by atoms with E-state index in [-0.39, 0.29) is 0 Å². The van der Waals surface area contributed by atoms with Crippen LogP contribution in [0.3, 0.4) is 0 Å². The summed E-state index contributed by atoms with van der Waals surface area (Å²) < 4.78 is 27.1. The molecular formula is C8H19N3O2S. The average molecular weight is 221 g/mol. The van der Waals surface area contributed by atoms with Gasteiger partial charge in [-0.15, -0.1) is 0 Å². The van der Waals surface area contributed by atoms with Gasteiger partial charge in [-0.1, -0.05) is 12.8 Å². The van der Waals surface area contributed by atoms with Crippen LogP contribution < -0.4 is 10.5 Å². The lowest BCUT2D eigenvalue weighted by atomic mass is 10.0. The van der Waals surface area contributed by atoms with Gasteiger partial charge in [0.05, 0.1) is 0 Å². The van der Waals surface area contributed by atoms with Crippen LogP contribution in [0.25, 0.3) is 0 Å². The van der Waals surface area contributed by atoms with E-state index in [1.54, 1.807) is 0 Å². The highest BCUT2D eigenvalue weighted by Crippen LogP contribution is 2.29. The zero-order valence-electron chi connectivity index (χ0n) is 8.78. The van der Waals surface area contributed by atoms with E-state index in [0.717, 1.165) is 25.7 Å². The minimum atomic E-state index is -3.35. The summed E-state index contributed by atoms with van der Waals surface area (Å²) in [5.74, 6) is 0. The number of nitrogens with two attached hydrogens (primary N) is 1. The summed E-state index contributed by atoms with van der Waals surface area (Å²) in [5.41, 5.74) is 5.23. The number of nitrogens with one attached hydrogen (secondary N) is 1. The van der Waals surface area contributed by atoms with Crippen LogP contribution >= 0.6 is 0 Å². The summed E-state index contributed by atoms with van der Waals surface area (Å²) in [4.78, 5) is 0. The van der Waals surface area contributed by atoms with E-state index < -0.39 is 15.7 Å². The Hall–Kier alpha value is -0.170. The Morgan fingerprint density at radius 2 is 1.86 bits per heavy atom. The lowest BCUT2D eigenvalue weighted by Gasteiger charge is -2.29. The molecule has 0 saturated heterocycles. The number of rotatable bonds is 4. The van der Waals surface area contributed by atoms with Gasteiger partial charge in [0, 0.05) is 26.2 Å². The van der Waals surface area contributed by atoms with Gasteiger partial charge in [-0.2, -0.15) is 17.4 Å². The van der Waals surface area contributed by atoms with Gasteiger partial charge >= 0.3 is 0 Å². The van der Waals surface area contributed by atoms with Gasteiger partial charge in [0.25, 0.3) is 10.2 Å². The van der Waals surface area contributed by atoms with Crippen molar-refractivity contribution in [1.29, 1.82) is 0 Å². The van der Waals surface area contributed by atoms with Gasteiger partial charge in [0.15, 0.2) is 0 Å². The fourth-order valence-corrected chi connectivity index (χ4v) is 2.78. The maximum atomic E-state index is 11.6. The molecule has 0 bridgehead atoms. The molecule has 0 aromatic heterocycles. The SMILES string of the molecule is CN(C)S(=O)(=O)NC1(CN)CCCC1. The molecule has 84 valence electrons. The predicted octanol–water partition coefficient (Wildman–Crippen LogP) is -0.346. The molecule has 1 saturated carbocycles. The van der Waals surface area contributed by atoms with E-state index in [2.05, 4.69) is 4.72 Å². The number of hydrogen-bond donors (Lipinski definition) is 2. The summed E-state index contributed by atoms with van der Waals surface area (Å²) in [6, 6.07) is 0. The maximum absolute atomic E-state index is 11.6. The van der Waals surface area contributed by atoms with E-state index in [1.165, 1.54) is 18.4 Å². The van der Waals surface area contributed by atoms with Crippen molar-refractivity contribution < 1.29 is 8.42 Å². The fraction of sp³-hybridized carbons (Fsp3) is 1.00. The third kappa shape index (κ3) is 2.44. The summed E-state index contributed by atoms with van der Waals surface area (Å²) >= 11 is 0. The molecule has 1 aliphatic carbocycles. The molecule has 1 rings (SSSR count). The van der Waals surface area contributed by atoms with Crippen LogP contribution in [0.15, 0.2) is 0 Å². The topological polar surface area (TPSA) is 75.4 Å². The largest absolute Gasteiger partial charge is 0.329 e. The number of hydrogen-bond acceptors (Lipinski definition) is 3. The summed E-state index contributed by atoms with van der Waals surface area (Å²) in [5, 5.41) is 0. The lowest BCUT2D eigenvalue weighted by Crippen LogP contribution is -2.54. The molecule has 0 unspecified atom stereocenters. The highest BCUT2D eigenvalue weighted by molar-refractivity contribution is 7.87. The van der Waals surface area contributed by atoms with Gasteiger partial charge in [-0.05, 0) is 12.8 Å². The molecule has 3 N–H and O–H groups in total. The van der Waals surface area contributed by atoms with Crippen molar-refractivity contribution in [3.63, 3.8) is 0 Å². The van der Waals surface area contributed by atoms with Gasteiger partial charge in [-0.25, -0.2) is 0 Å². The fourth-order valence-electron chi connectivity index (χ4n) is 1.76. The third-order valence-corrected chi connectivity index (χ3v) is 4.43. The molecule has 0 atom stereocenters. The van der Waals surface area contributed by atoms with E-state index in [1.807, 2.05) is 0 Å². The molecule has 0 aliphatic heterocycles. The normalized spacial score (nSPS) is 21.7. The first-order chi connectivity index (χ1) is 6.42. The van der Waals surface area contributed by atoms with E-state index in [0.29, 0.717) is 6.54 Å². The lowest BCUT2D eigenvalue weighted by molar-refractivity contribution is 0.383. The molecule has 0 aromatic carbocycles. The van der Waals surface area contributed by atoms with Gasteiger partial charge in [0.2, 0.25) is 0 Å². The first-order valence-corrected chi connectivity index (χ1v) is 6.27. The molecule has 5 nitrogen and oxygen atoms in total. The van der Waals surface area contributed by atoms with E-state index >= 15 is 0 Å². The summed E-state index contributed by atoms with van der Waals surface area (Å²) in [7, 11) is -0.318. The van der Waals surface area contributed by atoms with Crippen LogP contribution in [0.5, 0.6) is 0 Å². The van der Waals surface area contributed by atoms with Crippen molar-refractivity contribution in [2.75, 3.05) is 20.6 Å². The van der Waals surface area contributed by atoms with Crippen molar-refractivity contribution in [1.82, 2.24) is 9.03 Å². The molecular weight excluding hydrogens is 202 g/mol. The highest BCUT2D eigenvalue weighted by Gasteiger charge is 2.36. The first kappa shape index (κ1) is 11.9. The molecule has 0 spiro atoms. The van der Waals surface area contributed by atoms with Crippen molar-refractivity contribution in [2.45, 2.75) is 31.2 Å². The van der Waals surface area contributed by atoms with Crippen molar-refractivity contribution >= 4 is 10.2 Å². The van der Waals surface area contributed by atoms with Crippen LogP contribution in [0.2, 0.25) is 0 Å². The minimum absolute atomic E-state index is 0.375. The van der Waals surface area contributed by atoms with Crippen molar-refractivity contribution in [3.8, 4) is 0 Å². The minimum Gasteiger partial charge on any atom is -0.329 e. The van der Waals surface area contributed by atoms with Crippen LogP contribution in [-0.4, -0.2) is 38.9 Å². The first-order valence-electron chi connectivity index (χ1n) is 4.83. The Balaban J connectivity index is 2.75. The Kier molecular flexibility index (Phi) is 3.52. The number of nitrogens with zero attached hydrogens (tertiary/aromatic N) is 1. The molecule has 6 heteroatoms. The van der Waals surface area contributed by atoms with E-state index in [9.17, 15) is 8.42 Å².